The highest BCUT2D eigenvalue weighted by Gasteiger charge is 2.34. The summed E-state index contributed by atoms with van der Waals surface area (Å²) in [4.78, 5) is 16.5. The highest BCUT2D eigenvalue weighted by atomic mass is 32.2. The molecule has 3 aromatic rings. The Balaban J connectivity index is 1.47. The Kier molecular flexibility index (Phi) is 3.96. The molecule has 1 amide bonds. The van der Waals surface area contributed by atoms with Crippen LogP contribution in [0.4, 0.5) is 5.69 Å². The number of nitrogens with zero attached hydrogens (tertiary/aromatic N) is 2. The van der Waals surface area contributed by atoms with Crippen molar-refractivity contribution in [3.8, 4) is 0 Å². The van der Waals surface area contributed by atoms with Gasteiger partial charge in [-0.2, -0.15) is 4.31 Å². The molecule has 0 aliphatic carbocycles. The molecular formula is C21H19N3O3S. The van der Waals surface area contributed by atoms with Crippen molar-refractivity contribution in [3.05, 3.63) is 66.0 Å². The summed E-state index contributed by atoms with van der Waals surface area (Å²) in [6.45, 7) is 1.00. The van der Waals surface area contributed by atoms with Crippen LogP contribution in [0.15, 0.2) is 59.8 Å². The van der Waals surface area contributed by atoms with Gasteiger partial charge in [0.2, 0.25) is 10.0 Å². The zero-order valence-corrected chi connectivity index (χ0v) is 15.9. The van der Waals surface area contributed by atoms with Gasteiger partial charge in [-0.25, -0.2) is 8.42 Å². The number of aromatic nitrogens is 1. The fourth-order valence-corrected chi connectivity index (χ4v) is 5.98. The molecule has 1 saturated heterocycles. The Labute approximate surface area is 163 Å². The van der Waals surface area contributed by atoms with Gasteiger partial charge in [0.25, 0.3) is 5.91 Å². The lowest BCUT2D eigenvalue weighted by Gasteiger charge is -2.18. The summed E-state index contributed by atoms with van der Waals surface area (Å²) in [7, 11) is -3.64. The first-order valence-corrected chi connectivity index (χ1v) is 10.7. The van der Waals surface area contributed by atoms with Crippen molar-refractivity contribution < 1.29 is 13.2 Å². The van der Waals surface area contributed by atoms with Crippen LogP contribution in [0.1, 0.15) is 22.3 Å². The van der Waals surface area contributed by atoms with E-state index in [1.165, 1.54) is 0 Å². The molecule has 5 rings (SSSR count). The normalized spacial score (nSPS) is 19.3. The molecule has 3 heterocycles. The highest BCUT2D eigenvalue weighted by molar-refractivity contribution is 7.89. The summed E-state index contributed by atoms with van der Waals surface area (Å²) in [5, 5.41) is 4.10. The number of rotatable bonds is 4. The third-order valence-electron chi connectivity index (χ3n) is 5.61. The van der Waals surface area contributed by atoms with Crippen molar-refractivity contribution in [3.63, 3.8) is 0 Å². The lowest BCUT2D eigenvalue weighted by molar-refractivity contribution is 0.103. The van der Waals surface area contributed by atoms with E-state index in [1.54, 1.807) is 40.8 Å². The second-order valence-corrected chi connectivity index (χ2v) is 9.28. The maximum absolute atomic E-state index is 13.4. The van der Waals surface area contributed by atoms with E-state index >= 15 is 0 Å². The van der Waals surface area contributed by atoms with Crippen LogP contribution in [0, 0.1) is 5.92 Å². The van der Waals surface area contributed by atoms with Crippen LogP contribution in [0.3, 0.4) is 0 Å². The van der Waals surface area contributed by atoms with E-state index in [0.717, 1.165) is 18.4 Å². The van der Waals surface area contributed by atoms with Gasteiger partial charge in [-0.3, -0.25) is 9.78 Å². The lowest BCUT2D eigenvalue weighted by atomic mass is 10.0. The quantitative estimate of drug-likeness (QED) is 0.739. The SMILES string of the molecule is O=C1Nc2ccc(S(=O)(=O)N3CCC(Cc4cccnc4)C3)c3cccc1c23. The summed E-state index contributed by atoms with van der Waals surface area (Å²) in [6.07, 6.45) is 5.23. The molecule has 7 heteroatoms. The van der Waals surface area contributed by atoms with Crippen molar-refractivity contribution >= 4 is 32.4 Å². The number of hydrogen-bond acceptors (Lipinski definition) is 4. The van der Waals surface area contributed by atoms with Crippen molar-refractivity contribution in [1.29, 1.82) is 0 Å². The van der Waals surface area contributed by atoms with Crippen LogP contribution in [0.5, 0.6) is 0 Å². The maximum atomic E-state index is 13.4. The van der Waals surface area contributed by atoms with Crippen molar-refractivity contribution in [2.75, 3.05) is 18.4 Å². The van der Waals surface area contributed by atoms with Gasteiger partial charge >= 0.3 is 0 Å². The minimum absolute atomic E-state index is 0.187. The number of anilines is 1. The third-order valence-corrected chi connectivity index (χ3v) is 7.53. The second-order valence-electron chi connectivity index (χ2n) is 7.38. The molecule has 2 aromatic carbocycles. The fourth-order valence-electron chi connectivity index (χ4n) is 4.26. The zero-order chi connectivity index (χ0) is 19.3. The van der Waals surface area contributed by atoms with Gasteiger partial charge in [-0.15, -0.1) is 0 Å². The summed E-state index contributed by atoms with van der Waals surface area (Å²) < 4.78 is 28.3. The Morgan fingerprint density at radius 1 is 1.14 bits per heavy atom. The van der Waals surface area contributed by atoms with Gasteiger partial charge in [0.05, 0.1) is 4.90 Å². The van der Waals surface area contributed by atoms with Gasteiger partial charge < -0.3 is 5.32 Å². The van der Waals surface area contributed by atoms with Gasteiger partial charge in [0, 0.05) is 47.5 Å². The van der Waals surface area contributed by atoms with Crippen molar-refractivity contribution in [2.45, 2.75) is 17.7 Å². The second kappa shape index (κ2) is 6.39. The molecule has 6 nitrogen and oxygen atoms in total. The largest absolute Gasteiger partial charge is 0.321 e. The third kappa shape index (κ3) is 2.70. The molecule has 1 unspecified atom stereocenters. The highest BCUT2D eigenvalue weighted by Crippen LogP contribution is 2.38. The first-order valence-electron chi connectivity index (χ1n) is 9.30. The topological polar surface area (TPSA) is 79.4 Å². The molecule has 28 heavy (non-hydrogen) atoms. The van der Waals surface area contributed by atoms with E-state index in [0.29, 0.717) is 35.1 Å². The summed E-state index contributed by atoms with van der Waals surface area (Å²) >= 11 is 0. The monoisotopic (exact) mass is 393 g/mol. The van der Waals surface area contributed by atoms with Crippen LogP contribution in [0.2, 0.25) is 0 Å². The zero-order valence-electron chi connectivity index (χ0n) is 15.1. The summed E-state index contributed by atoms with van der Waals surface area (Å²) in [5.74, 6) is 0.0897. The van der Waals surface area contributed by atoms with Crippen LogP contribution < -0.4 is 5.32 Å². The molecule has 1 aromatic heterocycles. The van der Waals surface area contributed by atoms with E-state index < -0.39 is 10.0 Å². The summed E-state index contributed by atoms with van der Waals surface area (Å²) in [5.41, 5.74) is 2.33. The Hall–Kier alpha value is -2.77. The first-order chi connectivity index (χ1) is 13.5. The fraction of sp³-hybridized carbons (Fsp3) is 0.238. The van der Waals surface area contributed by atoms with E-state index in [9.17, 15) is 13.2 Å². The van der Waals surface area contributed by atoms with E-state index in [4.69, 9.17) is 0 Å². The number of nitrogens with one attached hydrogen (secondary N) is 1. The summed E-state index contributed by atoms with van der Waals surface area (Å²) in [6, 6.07) is 12.5. The molecule has 2 aliphatic rings. The smallest absolute Gasteiger partial charge is 0.256 e. The van der Waals surface area contributed by atoms with Crippen LogP contribution in [-0.2, 0) is 16.4 Å². The molecule has 1 fully saturated rings. The Morgan fingerprint density at radius 2 is 2.04 bits per heavy atom. The number of carbonyl (C=O) groups is 1. The van der Waals surface area contributed by atoms with Gasteiger partial charge in [-0.1, -0.05) is 18.2 Å². The van der Waals surface area contributed by atoms with Crippen molar-refractivity contribution in [2.24, 2.45) is 5.92 Å². The maximum Gasteiger partial charge on any atom is 0.256 e. The number of hydrogen-bond donors (Lipinski definition) is 1. The molecular weight excluding hydrogens is 374 g/mol. The molecule has 1 atom stereocenters. The first kappa shape index (κ1) is 17.3. The van der Waals surface area contributed by atoms with Gasteiger partial charge in [-0.05, 0) is 48.6 Å². The van der Waals surface area contributed by atoms with Crippen LogP contribution >= 0.6 is 0 Å². The molecule has 2 aliphatic heterocycles. The number of carbonyl (C=O) groups excluding carboxylic acids is 1. The number of sulfonamides is 1. The predicted octanol–water partition coefficient (Wildman–Crippen LogP) is 3.05. The van der Waals surface area contributed by atoms with E-state index in [-0.39, 0.29) is 16.7 Å². The van der Waals surface area contributed by atoms with E-state index in [1.807, 2.05) is 18.3 Å². The number of pyridine rings is 1. The average molecular weight is 393 g/mol. The Bertz CT molecular complexity index is 1190. The average Bonchev–Trinajstić information content (AvgIpc) is 3.29. The van der Waals surface area contributed by atoms with Crippen LogP contribution in [-0.4, -0.2) is 36.7 Å². The molecule has 142 valence electrons. The molecule has 1 N–H and O–H groups in total. The number of benzene rings is 2. The van der Waals surface area contributed by atoms with E-state index in [2.05, 4.69) is 10.3 Å². The van der Waals surface area contributed by atoms with Crippen LogP contribution in [0.25, 0.3) is 10.8 Å². The van der Waals surface area contributed by atoms with Crippen molar-refractivity contribution in [1.82, 2.24) is 9.29 Å². The molecule has 0 saturated carbocycles. The minimum Gasteiger partial charge on any atom is -0.321 e. The Morgan fingerprint density at radius 3 is 2.86 bits per heavy atom. The lowest BCUT2D eigenvalue weighted by Crippen LogP contribution is -2.29. The molecule has 0 bridgehead atoms. The molecule has 0 spiro atoms. The minimum atomic E-state index is -3.64. The number of amides is 1. The van der Waals surface area contributed by atoms with Gasteiger partial charge in [0.1, 0.15) is 0 Å². The predicted molar refractivity (Wildman–Crippen MR) is 107 cm³/mol. The standard InChI is InChI=1S/C21H19N3O3S/c25-21-17-5-1-4-16-19(7-6-18(23-21)20(16)17)28(26,27)24-10-8-15(13-24)11-14-3-2-9-22-12-14/h1-7,9,12,15H,8,10-11,13H2,(H,23,25). The molecule has 0 radical (unpaired) electrons. The van der Waals surface area contributed by atoms with Gasteiger partial charge in [0.15, 0.2) is 0 Å².